The molecule has 0 aromatic heterocycles. The molecule has 3 heteroatoms. The van der Waals surface area contributed by atoms with Crippen molar-refractivity contribution < 1.29 is 9.47 Å². The fourth-order valence-electron chi connectivity index (χ4n) is 1.32. The molecule has 0 aliphatic heterocycles. The molecule has 1 rings (SSSR count). The van der Waals surface area contributed by atoms with Crippen LogP contribution in [0.5, 0.6) is 0 Å². The molecule has 1 aromatic carbocycles. The van der Waals surface area contributed by atoms with Gasteiger partial charge in [-0.1, -0.05) is 28.1 Å². The molecule has 1 unspecified atom stereocenters. The molecule has 84 valence electrons. The van der Waals surface area contributed by atoms with Crippen LogP contribution in [0.15, 0.2) is 28.7 Å². The minimum atomic E-state index is -0.109. The Balaban J connectivity index is 2.25. The fourth-order valence-corrected chi connectivity index (χ4v) is 1.76. The first-order valence-electron chi connectivity index (χ1n) is 5.20. The predicted octanol–water partition coefficient (Wildman–Crippen LogP) is 3.39. The first kappa shape index (κ1) is 12.7. The van der Waals surface area contributed by atoms with Crippen molar-refractivity contribution in [2.24, 2.45) is 0 Å². The molecule has 0 saturated heterocycles. The van der Waals surface area contributed by atoms with Crippen molar-refractivity contribution in [3.8, 4) is 0 Å². The highest BCUT2D eigenvalue weighted by Crippen LogP contribution is 2.12. The zero-order valence-corrected chi connectivity index (χ0v) is 10.8. The standard InChI is InChI=1S/C12H17BrO2/c1-3-14-10(2)15-8-7-11-5-4-6-12(13)9-11/h4-6,9-10H,3,7-8H2,1-2H3. The van der Waals surface area contributed by atoms with Crippen molar-refractivity contribution in [2.75, 3.05) is 13.2 Å². The van der Waals surface area contributed by atoms with Gasteiger partial charge in [0.15, 0.2) is 6.29 Å². The van der Waals surface area contributed by atoms with Crippen molar-refractivity contribution in [1.29, 1.82) is 0 Å². The molecule has 0 bridgehead atoms. The Labute approximate surface area is 99.7 Å². The first-order chi connectivity index (χ1) is 7.22. The molecule has 0 fully saturated rings. The number of hydrogen-bond donors (Lipinski definition) is 0. The van der Waals surface area contributed by atoms with E-state index >= 15 is 0 Å². The highest BCUT2D eigenvalue weighted by Gasteiger charge is 2.00. The van der Waals surface area contributed by atoms with Crippen LogP contribution in [0.25, 0.3) is 0 Å². The van der Waals surface area contributed by atoms with E-state index in [0.29, 0.717) is 13.2 Å². The van der Waals surface area contributed by atoms with E-state index < -0.39 is 0 Å². The minimum Gasteiger partial charge on any atom is -0.353 e. The van der Waals surface area contributed by atoms with Gasteiger partial charge in [-0.25, -0.2) is 0 Å². The number of halogens is 1. The molecule has 0 radical (unpaired) electrons. The SMILES string of the molecule is CCOC(C)OCCc1cccc(Br)c1. The van der Waals surface area contributed by atoms with Crippen LogP contribution in [0.1, 0.15) is 19.4 Å². The molecule has 1 aromatic rings. The lowest BCUT2D eigenvalue weighted by atomic mass is 10.2. The summed E-state index contributed by atoms with van der Waals surface area (Å²) in [6.07, 6.45) is 0.804. The lowest BCUT2D eigenvalue weighted by Crippen LogP contribution is -2.14. The largest absolute Gasteiger partial charge is 0.353 e. The van der Waals surface area contributed by atoms with Gasteiger partial charge in [-0.05, 0) is 38.0 Å². The Morgan fingerprint density at radius 2 is 2.13 bits per heavy atom. The van der Waals surface area contributed by atoms with Gasteiger partial charge in [-0.2, -0.15) is 0 Å². The van der Waals surface area contributed by atoms with Gasteiger partial charge in [0.1, 0.15) is 0 Å². The van der Waals surface area contributed by atoms with Crippen molar-refractivity contribution in [2.45, 2.75) is 26.6 Å². The summed E-state index contributed by atoms with van der Waals surface area (Å²) in [5.41, 5.74) is 1.27. The minimum absolute atomic E-state index is 0.109. The van der Waals surface area contributed by atoms with Crippen LogP contribution in [0.2, 0.25) is 0 Å². The third kappa shape index (κ3) is 5.30. The summed E-state index contributed by atoms with van der Waals surface area (Å²) < 4.78 is 11.9. The Morgan fingerprint density at radius 1 is 1.33 bits per heavy atom. The Hall–Kier alpha value is -0.380. The highest BCUT2D eigenvalue weighted by atomic mass is 79.9. The lowest BCUT2D eigenvalue weighted by molar-refractivity contribution is -0.126. The van der Waals surface area contributed by atoms with Gasteiger partial charge in [0.25, 0.3) is 0 Å². The third-order valence-electron chi connectivity index (χ3n) is 2.03. The molecule has 0 amide bonds. The maximum Gasteiger partial charge on any atom is 0.154 e. The second-order valence-electron chi connectivity index (χ2n) is 3.27. The molecule has 2 nitrogen and oxygen atoms in total. The molecule has 0 N–H and O–H groups in total. The molecule has 0 spiro atoms. The quantitative estimate of drug-likeness (QED) is 0.740. The first-order valence-corrected chi connectivity index (χ1v) is 5.99. The molecule has 0 saturated carbocycles. The summed E-state index contributed by atoms with van der Waals surface area (Å²) in [6, 6.07) is 8.26. The van der Waals surface area contributed by atoms with E-state index in [0.717, 1.165) is 10.9 Å². The number of benzene rings is 1. The summed E-state index contributed by atoms with van der Waals surface area (Å²) >= 11 is 3.44. The van der Waals surface area contributed by atoms with Crippen LogP contribution in [0.4, 0.5) is 0 Å². The number of ether oxygens (including phenoxy) is 2. The summed E-state index contributed by atoms with van der Waals surface area (Å²) in [5.74, 6) is 0. The second kappa shape index (κ2) is 6.99. The van der Waals surface area contributed by atoms with E-state index in [-0.39, 0.29) is 6.29 Å². The Bertz CT molecular complexity index is 289. The molecule has 1 atom stereocenters. The zero-order valence-electron chi connectivity index (χ0n) is 9.20. The van der Waals surface area contributed by atoms with E-state index in [1.165, 1.54) is 5.56 Å². The molecule has 0 heterocycles. The molecule has 0 aliphatic rings. The summed E-state index contributed by atoms with van der Waals surface area (Å²) in [6.45, 7) is 5.27. The van der Waals surface area contributed by atoms with Gasteiger partial charge >= 0.3 is 0 Å². The number of hydrogen-bond acceptors (Lipinski definition) is 2. The van der Waals surface area contributed by atoms with Crippen LogP contribution in [-0.4, -0.2) is 19.5 Å². The molecule has 0 aliphatic carbocycles. The van der Waals surface area contributed by atoms with E-state index in [9.17, 15) is 0 Å². The van der Waals surface area contributed by atoms with Crippen LogP contribution in [0, 0.1) is 0 Å². The van der Waals surface area contributed by atoms with Crippen LogP contribution < -0.4 is 0 Å². The monoisotopic (exact) mass is 272 g/mol. The summed E-state index contributed by atoms with van der Waals surface area (Å²) in [7, 11) is 0. The average molecular weight is 273 g/mol. The second-order valence-corrected chi connectivity index (χ2v) is 4.19. The van der Waals surface area contributed by atoms with Crippen molar-refractivity contribution in [3.05, 3.63) is 34.3 Å². The molecular formula is C12H17BrO2. The highest BCUT2D eigenvalue weighted by molar-refractivity contribution is 9.10. The van der Waals surface area contributed by atoms with Crippen LogP contribution in [-0.2, 0) is 15.9 Å². The van der Waals surface area contributed by atoms with Gasteiger partial charge < -0.3 is 9.47 Å². The van der Waals surface area contributed by atoms with Crippen LogP contribution in [0.3, 0.4) is 0 Å². The summed E-state index contributed by atoms with van der Waals surface area (Å²) in [5, 5.41) is 0. The van der Waals surface area contributed by atoms with Crippen molar-refractivity contribution >= 4 is 15.9 Å². The van der Waals surface area contributed by atoms with Gasteiger partial charge in [-0.3, -0.25) is 0 Å². The zero-order chi connectivity index (χ0) is 11.1. The third-order valence-corrected chi connectivity index (χ3v) is 2.53. The average Bonchev–Trinajstić information content (AvgIpc) is 2.18. The van der Waals surface area contributed by atoms with Gasteiger partial charge in [0.05, 0.1) is 6.61 Å². The predicted molar refractivity (Wildman–Crippen MR) is 64.9 cm³/mol. The maximum absolute atomic E-state index is 5.49. The van der Waals surface area contributed by atoms with Gasteiger partial charge in [-0.15, -0.1) is 0 Å². The molecular weight excluding hydrogens is 256 g/mol. The van der Waals surface area contributed by atoms with E-state index in [1.54, 1.807) is 0 Å². The Morgan fingerprint density at radius 3 is 2.80 bits per heavy atom. The van der Waals surface area contributed by atoms with Gasteiger partial charge in [0, 0.05) is 11.1 Å². The molecule has 15 heavy (non-hydrogen) atoms. The van der Waals surface area contributed by atoms with Crippen molar-refractivity contribution in [3.63, 3.8) is 0 Å². The smallest absolute Gasteiger partial charge is 0.154 e. The number of rotatable bonds is 6. The van der Waals surface area contributed by atoms with Crippen molar-refractivity contribution in [1.82, 2.24) is 0 Å². The normalized spacial score (nSPS) is 12.7. The Kier molecular flexibility index (Phi) is 5.91. The van der Waals surface area contributed by atoms with Gasteiger partial charge in [0.2, 0.25) is 0 Å². The fraction of sp³-hybridized carbons (Fsp3) is 0.500. The van der Waals surface area contributed by atoms with E-state index in [2.05, 4.69) is 28.1 Å². The van der Waals surface area contributed by atoms with E-state index in [1.807, 2.05) is 26.0 Å². The maximum atomic E-state index is 5.49. The lowest BCUT2D eigenvalue weighted by Gasteiger charge is -2.12. The summed E-state index contributed by atoms with van der Waals surface area (Å²) in [4.78, 5) is 0. The van der Waals surface area contributed by atoms with Crippen LogP contribution >= 0.6 is 15.9 Å². The topological polar surface area (TPSA) is 18.5 Å². The van der Waals surface area contributed by atoms with E-state index in [4.69, 9.17) is 9.47 Å².